The molecule has 0 aliphatic carbocycles. The van der Waals surface area contributed by atoms with Crippen molar-refractivity contribution in [2.24, 2.45) is 17.4 Å². The minimum atomic E-state index is -1.85. The highest BCUT2D eigenvalue weighted by Crippen LogP contribution is 2.18. The van der Waals surface area contributed by atoms with Gasteiger partial charge in [-0.25, -0.2) is 4.79 Å². The highest BCUT2D eigenvalue weighted by Gasteiger charge is 2.37. The predicted octanol–water partition coefficient (Wildman–Crippen LogP) is -3.87. The number of hydrogen-bond donors (Lipinski definition) is 13. The van der Waals surface area contributed by atoms with Crippen molar-refractivity contribution < 1.29 is 67.7 Å². The minimum Gasteiger partial charge on any atom is -0.481 e. The second-order valence-corrected chi connectivity index (χ2v) is 18.5. The number of hydrogen-bond acceptors (Lipinski definition) is 14. The molecule has 0 spiro atoms. The SMILES string of the molecule is CC(C)C[C@H](NC(=O)[C@H](Cc1ccccc1)NC(=O)[C@H](CC(=O)O)NC(=O)[C@H](CCC(N)=O)NC(=O)CNC(=O)[C@@H]1CCCN1)C(=O)N[C@@H](C)C(=O)NCC(=O)N1CCC[C@H]1C(=O)N[C@@H](CCCCN)C(=O)O. The Morgan fingerprint density at radius 1 is 0.685 bits per heavy atom. The average molecular weight is 1030 g/mol. The van der Waals surface area contributed by atoms with Crippen LogP contribution in [0.15, 0.2) is 30.3 Å². The summed E-state index contributed by atoms with van der Waals surface area (Å²) in [5.74, 6) is -11.1. The Bertz CT molecular complexity index is 2120. The highest BCUT2D eigenvalue weighted by atomic mass is 16.4. The lowest BCUT2D eigenvalue weighted by molar-refractivity contribution is -0.144. The number of nitrogens with zero attached hydrogens (tertiary/aromatic N) is 1. The first kappa shape index (κ1) is 60.1. The largest absolute Gasteiger partial charge is 0.481 e. The van der Waals surface area contributed by atoms with Crippen LogP contribution in [0.1, 0.15) is 97.0 Å². The van der Waals surface area contributed by atoms with E-state index in [0.29, 0.717) is 44.3 Å². The van der Waals surface area contributed by atoms with E-state index in [2.05, 4.69) is 47.9 Å². The molecule has 2 aliphatic heterocycles. The van der Waals surface area contributed by atoms with Gasteiger partial charge in [-0.2, -0.15) is 0 Å². The van der Waals surface area contributed by atoms with E-state index in [9.17, 15) is 67.7 Å². The standard InChI is InChI=1S/C47H72N12O14/c1-26(2)21-32(43(68)53-27(3)40(65)52-25-38(62)59-20-10-15-35(59)46(71)55-31(47(72)73)13-7-8-18-48)56-44(69)33(22-28-11-5-4-6-12-28)57-45(70)34(23-39(63)64)58-42(67)30(16-17-36(49)60)54-37(61)24-51-41(66)29-14-9-19-50-29/h4-6,11-12,26-27,29-35,50H,7-10,13-25,48H2,1-3H3,(H2,49,60)(H,51,66)(H,52,65)(H,53,68)(H,54,61)(H,55,71)(H,56,69)(H,57,70)(H,58,67)(H,63,64)(H,72,73)/t27-,29-,30-,31-,32-,33-,34-,35-/m0/s1. The van der Waals surface area contributed by atoms with Gasteiger partial charge < -0.3 is 74.4 Å². The molecule has 26 heteroatoms. The number of nitrogens with two attached hydrogens (primary N) is 2. The molecule has 2 heterocycles. The van der Waals surface area contributed by atoms with Crippen LogP contribution in [0.5, 0.6) is 0 Å². The van der Waals surface area contributed by atoms with Gasteiger partial charge in [0, 0.05) is 19.4 Å². The Balaban J connectivity index is 1.72. The van der Waals surface area contributed by atoms with Crippen LogP contribution in [-0.4, -0.2) is 167 Å². The summed E-state index contributed by atoms with van der Waals surface area (Å²) in [6.07, 6.45) is 1.30. The van der Waals surface area contributed by atoms with Crippen molar-refractivity contribution in [1.29, 1.82) is 0 Å². The summed E-state index contributed by atoms with van der Waals surface area (Å²) in [4.78, 5) is 157. The summed E-state index contributed by atoms with van der Waals surface area (Å²) in [5.41, 5.74) is 11.3. The number of rotatable bonds is 31. The lowest BCUT2D eigenvalue weighted by Gasteiger charge is -2.27. The fraction of sp³-hybridized carbons (Fsp3) is 0.617. The fourth-order valence-corrected chi connectivity index (χ4v) is 8.12. The van der Waals surface area contributed by atoms with Crippen LogP contribution in [0.3, 0.4) is 0 Å². The van der Waals surface area contributed by atoms with Gasteiger partial charge in [-0.05, 0) is 89.3 Å². The van der Waals surface area contributed by atoms with E-state index >= 15 is 0 Å². The van der Waals surface area contributed by atoms with E-state index in [0.717, 1.165) is 6.42 Å². The first-order valence-corrected chi connectivity index (χ1v) is 24.5. The van der Waals surface area contributed by atoms with Crippen LogP contribution in [-0.2, 0) is 64.0 Å². The summed E-state index contributed by atoms with van der Waals surface area (Å²) in [6, 6.07) is -1.78. The molecule has 0 aromatic heterocycles. The second kappa shape index (κ2) is 30.6. The summed E-state index contributed by atoms with van der Waals surface area (Å²) >= 11 is 0. The molecule has 8 atom stereocenters. The lowest BCUT2D eigenvalue weighted by Crippen LogP contribution is -2.60. The van der Waals surface area contributed by atoms with Crippen molar-refractivity contribution in [2.75, 3.05) is 32.7 Å². The molecule has 404 valence electrons. The van der Waals surface area contributed by atoms with Crippen molar-refractivity contribution in [3.05, 3.63) is 35.9 Å². The van der Waals surface area contributed by atoms with E-state index in [-0.39, 0.29) is 44.6 Å². The van der Waals surface area contributed by atoms with Crippen molar-refractivity contribution in [3.8, 4) is 0 Å². The topological polar surface area (TPSA) is 409 Å². The zero-order valence-electron chi connectivity index (χ0n) is 41.5. The summed E-state index contributed by atoms with van der Waals surface area (Å²) in [6.45, 7) is 4.91. The lowest BCUT2D eigenvalue weighted by atomic mass is 10.0. The zero-order chi connectivity index (χ0) is 54.2. The van der Waals surface area contributed by atoms with E-state index in [1.807, 2.05) is 0 Å². The number of unbranched alkanes of at least 4 members (excludes halogenated alkanes) is 1. The van der Waals surface area contributed by atoms with Gasteiger partial charge in [0.05, 0.1) is 25.6 Å². The molecule has 0 radical (unpaired) electrons. The Labute approximate surface area is 422 Å². The second-order valence-electron chi connectivity index (χ2n) is 18.5. The fourth-order valence-electron chi connectivity index (χ4n) is 8.12. The summed E-state index contributed by atoms with van der Waals surface area (Å²) < 4.78 is 0. The van der Waals surface area contributed by atoms with Crippen LogP contribution in [0.2, 0.25) is 0 Å². The summed E-state index contributed by atoms with van der Waals surface area (Å²) in [5, 5.41) is 42.0. The van der Waals surface area contributed by atoms with Gasteiger partial charge in [0.2, 0.25) is 59.1 Å². The normalized spacial score (nSPS) is 17.6. The maximum absolute atomic E-state index is 14.1. The molecule has 2 fully saturated rings. The third-order valence-corrected chi connectivity index (χ3v) is 12.0. The van der Waals surface area contributed by atoms with Gasteiger partial charge in [-0.1, -0.05) is 44.2 Å². The Hall–Kier alpha value is -7.22. The number of carboxylic acids is 2. The number of likely N-dealkylation sites (tertiary alicyclic amines) is 1. The quantitative estimate of drug-likeness (QED) is 0.0317. The Morgan fingerprint density at radius 2 is 1.33 bits per heavy atom. The van der Waals surface area contributed by atoms with Crippen molar-refractivity contribution in [1.82, 2.24) is 52.8 Å². The average Bonchev–Trinajstić information content (AvgIpc) is 4.07. The van der Waals surface area contributed by atoms with Gasteiger partial charge >= 0.3 is 11.9 Å². The molecule has 1 aromatic rings. The molecular weight excluding hydrogens is 957 g/mol. The molecule has 0 unspecified atom stereocenters. The molecule has 26 nitrogen and oxygen atoms in total. The minimum absolute atomic E-state index is 0.0296. The number of amides is 10. The number of nitrogens with one attached hydrogen (secondary N) is 9. The number of benzene rings is 1. The van der Waals surface area contributed by atoms with Gasteiger partial charge in [0.1, 0.15) is 42.3 Å². The first-order chi connectivity index (χ1) is 34.6. The molecule has 2 aliphatic rings. The van der Waals surface area contributed by atoms with Crippen LogP contribution in [0, 0.1) is 5.92 Å². The van der Waals surface area contributed by atoms with Crippen LogP contribution >= 0.6 is 0 Å². The third-order valence-electron chi connectivity index (χ3n) is 12.0. The molecular formula is C47H72N12O14. The number of carboxylic acid groups (broad SMARTS) is 2. The summed E-state index contributed by atoms with van der Waals surface area (Å²) in [7, 11) is 0. The van der Waals surface area contributed by atoms with Crippen LogP contribution < -0.4 is 59.3 Å². The maximum atomic E-state index is 14.1. The Kier molecular flexibility index (Phi) is 25.2. The number of aliphatic carboxylic acids is 2. The molecule has 1 aromatic carbocycles. The van der Waals surface area contributed by atoms with Gasteiger partial charge in [0.15, 0.2) is 0 Å². The highest BCUT2D eigenvalue weighted by molar-refractivity contribution is 5.98. The molecule has 0 bridgehead atoms. The molecule has 10 amide bonds. The number of carbonyl (C=O) groups is 12. The van der Waals surface area contributed by atoms with Crippen LogP contribution in [0.4, 0.5) is 0 Å². The predicted molar refractivity (Wildman–Crippen MR) is 260 cm³/mol. The van der Waals surface area contributed by atoms with E-state index < -0.39 is 145 Å². The molecule has 3 rings (SSSR count). The van der Waals surface area contributed by atoms with Gasteiger partial charge in [-0.3, -0.25) is 52.7 Å². The van der Waals surface area contributed by atoms with Crippen molar-refractivity contribution in [2.45, 2.75) is 146 Å². The van der Waals surface area contributed by atoms with Crippen LogP contribution in [0.25, 0.3) is 0 Å². The number of primary amides is 1. The smallest absolute Gasteiger partial charge is 0.326 e. The maximum Gasteiger partial charge on any atom is 0.326 e. The van der Waals surface area contributed by atoms with Gasteiger partial charge in [-0.15, -0.1) is 0 Å². The molecule has 2 saturated heterocycles. The molecule has 0 saturated carbocycles. The monoisotopic (exact) mass is 1030 g/mol. The molecule has 15 N–H and O–H groups in total. The van der Waals surface area contributed by atoms with E-state index in [1.54, 1.807) is 44.2 Å². The van der Waals surface area contributed by atoms with Crippen molar-refractivity contribution >= 4 is 71.0 Å². The Morgan fingerprint density at radius 3 is 1.95 bits per heavy atom. The first-order valence-electron chi connectivity index (χ1n) is 24.5. The zero-order valence-corrected chi connectivity index (χ0v) is 41.5. The van der Waals surface area contributed by atoms with E-state index in [1.165, 1.54) is 11.8 Å². The molecule has 73 heavy (non-hydrogen) atoms. The third kappa shape index (κ3) is 21.2. The van der Waals surface area contributed by atoms with Gasteiger partial charge in [0.25, 0.3) is 0 Å². The van der Waals surface area contributed by atoms with Crippen molar-refractivity contribution in [3.63, 3.8) is 0 Å². The number of carbonyl (C=O) groups excluding carboxylic acids is 10. The van der Waals surface area contributed by atoms with E-state index in [4.69, 9.17) is 11.5 Å².